The van der Waals surface area contributed by atoms with Crippen LogP contribution >= 0.6 is 27.5 Å². The Hall–Kier alpha value is -1.52. The molecule has 0 atom stereocenters. The van der Waals surface area contributed by atoms with Crippen molar-refractivity contribution in [2.45, 2.75) is 6.54 Å². The van der Waals surface area contributed by atoms with Crippen LogP contribution in [-0.4, -0.2) is 5.91 Å². The summed E-state index contributed by atoms with van der Waals surface area (Å²) >= 11 is 9.25. The molecule has 0 bridgehead atoms. The minimum absolute atomic E-state index is 0.200. The summed E-state index contributed by atoms with van der Waals surface area (Å²) in [6.07, 6.45) is 0. The Kier molecular flexibility index (Phi) is 4.45. The maximum absolute atomic E-state index is 12.0. The summed E-state index contributed by atoms with van der Waals surface area (Å²) in [6, 6.07) is 12.5. The van der Waals surface area contributed by atoms with Crippen molar-refractivity contribution in [1.82, 2.24) is 5.32 Å². The third kappa shape index (κ3) is 3.98. The molecule has 0 aromatic heterocycles. The minimum Gasteiger partial charge on any atom is -0.399 e. The average Bonchev–Trinajstić information content (AvgIpc) is 2.35. The standard InChI is InChI=1S/C14H12BrClN2O/c15-11-3-1-2-9(4-11)8-18-14(19)10-5-12(16)7-13(17)6-10/h1-7H,8,17H2,(H,18,19). The van der Waals surface area contributed by atoms with E-state index in [1.165, 1.54) is 0 Å². The summed E-state index contributed by atoms with van der Waals surface area (Å²) in [4.78, 5) is 12.0. The van der Waals surface area contributed by atoms with E-state index in [0.29, 0.717) is 22.8 Å². The minimum atomic E-state index is -0.200. The molecule has 2 aromatic carbocycles. The molecule has 3 N–H and O–H groups in total. The third-order valence-electron chi connectivity index (χ3n) is 2.52. The van der Waals surface area contributed by atoms with Crippen LogP contribution in [0.25, 0.3) is 0 Å². The van der Waals surface area contributed by atoms with Crippen molar-refractivity contribution in [2.75, 3.05) is 5.73 Å². The fourth-order valence-electron chi connectivity index (χ4n) is 1.67. The molecule has 0 radical (unpaired) electrons. The van der Waals surface area contributed by atoms with Gasteiger partial charge in [-0.1, -0.05) is 39.7 Å². The van der Waals surface area contributed by atoms with Gasteiger partial charge < -0.3 is 11.1 Å². The van der Waals surface area contributed by atoms with Crippen LogP contribution in [-0.2, 0) is 6.54 Å². The lowest BCUT2D eigenvalue weighted by Crippen LogP contribution is -2.22. The van der Waals surface area contributed by atoms with Gasteiger partial charge >= 0.3 is 0 Å². The fraction of sp³-hybridized carbons (Fsp3) is 0.0714. The molecule has 2 aromatic rings. The highest BCUT2D eigenvalue weighted by molar-refractivity contribution is 9.10. The zero-order chi connectivity index (χ0) is 13.8. The second kappa shape index (κ2) is 6.08. The first-order valence-corrected chi connectivity index (χ1v) is 6.80. The van der Waals surface area contributed by atoms with Gasteiger partial charge in [-0.3, -0.25) is 4.79 Å². The number of hydrogen-bond donors (Lipinski definition) is 2. The van der Waals surface area contributed by atoms with Crippen LogP contribution in [0.1, 0.15) is 15.9 Å². The first kappa shape index (κ1) is 13.9. The molecule has 1 amide bonds. The Morgan fingerprint density at radius 3 is 2.74 bits per heavy atom. The highest BCUT2D eigenvalue weighted by atomic mass is 79.9. The second-order valence-corrected chi connectivity index (χ2v) is 5.44. The molecule has 0 spiro atoms. The van der Waals surface area contributed by atoms with E-state index < -0.39 is 0 Å². The van der Waals surface area contributed by atoms with Gasteiger partial charge in [0.05, 0.1) is 0 Å². The molecule has 5 heteroatoms. The summed E-state index contributed by atoms with van der Waals surface area (Å²) < 4.78 is 0.978. The number of carbonyl (C=O) groups is 1. The van der Waals surface area contributed by atoms with Crippen molar-refractivity contribution in [1.29, 1.82) is 0 Å². The molecule has 0 saturated carbocycles. The Morgan fingerprint density at radius 1 is 1.26 bits per heavy atom. The van der Waals surface area contributed by atoms with Gasteiger partial charge in [0, 0.05) is 27.3 Å². The molecule has 0 fully saturated rings. The molecular formula is C14H12BrClN2O. The van der Waals surface area contributed by atoms with E-state index in [2.05, 4.69) is 21.2 Å². The average molecular weight is 340 g/mol. The van der Waals surface area contributed by atoms with Crippen molar-refractivity contribution in [3.05, 3.63) is 63.1 Å². The van der Waals surface area contributed by atoms with Gasteiger partial charge in [-0.25, -0.2) is 0 Å². The van der Waals surface area contributed by atoms with Crippen molar-refractivity contribution < 1.29 is 4.79 Å². The molecule has 0 heterocycles. The van der Waals surface area contributed by atoms with Gasteiger partial charge in [-0.05, 0) is 35.9 Å². The highest BCUT2D eigenvalue weighted by Crippen LogP contribution is 2.17. The van der Waals surface area contributed by atoms with Crippen molar-refractivity contribution >= 4 is 39.1 Å². The van der Waals surface area contributed by atoms with Crippen LogP contribution in [0.3, 0.4) is 0 Å². The quantitative estimate of drug-likeness (QED) is 0.839. The van der Waals surface area contributed by atoms with Gasteiger partial charge in [0.15, 0.2) is 0 Å². The number of nitrogens with two attached hydrogens (primary N) is 1. The maximum Gasteiger partial charge on any atom is 0.251 e. The first-order valence-electron chi connectivity index (χ1n) is 5.63. The van der Waals surface area contributed by atoms with Crippen LogP contribution < -0.4 is 11.1 Å². The normalized spacial score (nSPS) is 10.2. The Bertz CT molecular complexity index is 596. The van der Waals surface area contributed by atoms with Crippen LogP contribution in [0, 0.1) is 0 Å². The number of carbonyl (C=O) groups excluding carboxylic acids is 1. The predicted molar refractivity (Wildman–Crippen MR) is 81.2 cm³/mol. The van der Waals surface area contributed by atoms with E-state index in [1.807, 2.05) is 24.3 Å². The SMILES string of the molecule is Nc1cc(Cl)cc(C(=O)NCc2cccc(Br)c2)c1. The fourth-order valence-corrected chi connectivity index (χ4v) is 2.36. The lowest BCUT2D eigenvalue weighted by Gasteiger charge is -2.07. The molecule has 0 saturated heterocycles. The van der Waals surface area contributed by atoms with Crippen LogP contribution in [0.5, 0.6) is 0 Å². The molecule has 19 heavy (non-hydrogen) atoms. The Balaban J connectivity index is 2.05. The zero-order valence-electron chi connectivity index (χ0n) is 9.99. The number of benzene rings is 2. The molecule has 0 unspecified atom stereocenters. The van der Waals surface area contributed by atoms with E-state index in [1.54, 1.807) is 18.2 Å². The number of anilines is 1. The van der Waals surface area contributed by atoms with E-state index in [-0.39, 0.29) is 5.91 Å². The van der Waals surface area contributed by atoms with Crippen LogP contribution in [0.4, 0.5) is 5.69 Å². The molecule has 3 nitrogen and oxygen atoms in total. The van der Waals surface area contributed by atoms with Gasteiger partial charge in [0.1, 0.15) is 0 Å². The highest BCUT2D eigenvalue weighted by Gasteiger charge is 2.07. The van der Waals surface area contributed by atoms with Gasteiger partial charge in [-0.2, -0.15) is 0 Å². The van der Waals surface area contributed by atoms with Crippen molar-refractivity contribution in [2.24, 2.45) is 0 Å². The first-order chi connectivity index (χ1) is 9.04. The Labute approximate surface area is 124 Å². The van der Waals surface area contributed by atoms with Crippen molar-refractivity contribution in [3.8, 4) is 0 Å². The molecule has 2 rings (SSSR count). The molecule has 0 aliphatic heterocycles. The molecular weight excluding hydrogens is 328 g/mol. The van der Waals surface area contributed by atoms with E-state index >= 15 is 0 Å². The summed E-state index contributed by atoms with van der Waals surface area (Å²) in [5, 5.41) is 3.27. The number of rotatable bonds is 3. The smallest absolute Gasteiger partial charge is 0.251 e. The topological polar surface area (TPSA) is 55.1 Å². The van der Waals surface area contributed by atoms with Crippen LogP contribution in [0.15, 0.2) is 46.9 Å². The number of nitrogen functional groups attached to an aromatic ring is 1. The van der Waals surface area contributed by atoms with E-state index in [9.17, 15) is 4.79 Å². The van der Waals surface area contributed by atoms with E-state index in [0.717, 1.165) is 10.0 Å². The van der Waals surface area contributed by atoms with E-state index in [4.69, 9.17) is 17.3 Å². The van der Waals surface area contributed by atoms with Gasteiger partial charge in [-0.15, -0.1) is 0 Å². The number of halogens is 2. The number of hydrogen-bond acceptors (Lipinski definition) is 2. The summed E-state index contributed by atoms with van der Waals surface area (Å²) in [6.45, 7) is 0.449. The molecule has 0 aliphatic carbocycles. The number of nitrogens with one attached hydrogen (secondary N) is 1. The summed E-state index contributed by atoms with van der Waals surface area (Å²) in [7, 11) is 0. The zero-order valence-corrected chi connectivity index (χ0v) is 12.3. The largest absolute Gasteiger partial charge is 0.399 e. The lowest BCUT2D eigenvalue weighted by atomic mass is 10.1. The Morgan fingerprint density at radius 2 is 2.05 bits per heavy atom. The van der Waals surface area contributed by atoms with Crippen LogP contribution in [0.2, 0.25) is 5.02 Å². The number of amides is 1. The monoisotopic (exact) mass is 338 g/mol. The van der Waals surface area contributed by atoms with Crippen molar-refractivity contribution in [3.63, 3.8) is 0 Å². The second-order valence-electron chi connectivity index (χ2n) is 4.09. The predicted octanol–water partition coefficient (Wildman–Crippen LogP) is 3.61. The van der Waals surface area contributed by atoms with Gasteiger partial charge in [0.2, 0.25) is 0 Å². The van der Waals surface area contributed by atoms with Gasteiger partial charge in [0.25, 0.3) is 5.91 Å². The molecule has 98 valence electrons. The maximum atomic E-state index is 12.0. The third-order valence-corrected chi connectivity index (χ3v) is 3.24. The summed E-state index contributed by atoms with van der Waals surface area (Å²) in [5.41, 5.74) is 7.60. The summed E-state index contributed by atoms with van der Waals surface area (Å²) in [5.74, 6) is -0.200. The lowest BCUT2D eigenvalue weighted by molar-refractivity contribution is 0.0951. The molecule has 0 aliphatic rings.